The highest BCUT2D eigenvalue weighted by Crippen LogP contribution is 2.26. The van der Waals surface area contributed by atoms with Crippen molar-refractivity contribution in [2.75, 3.05) is 0 Å². The maximum atomic E-state index is 13.1. The summed E-state index contributed by atoms with van der Waals surface area (Å²) in [6, 6.07) is 9.04. The summed E-state index contributed by atoms with van der Waals surface area (Å²) in [5.41, 5.74) is 0. The predicted octanol–water partition coefficient (Wildman–Crippen LogP) is 3.70. The Labute approximate surface area is 90.1 Å². The van der Waals surface area contributed by atoms with Gasteiger partial charge in [0.15, 0.2) is 17.4 Å². The lowest BCUT2D eigenvalue weighted by molar-refractivity contribution is 0.406. The normalized spacial score (nSPS) is 10.2. The lowest BCUT2D eigenvalue weighted by atomic mass is 10.3. The van der Waals surface area contributed by atoms with Crippen LogP contribution >= 0.6 is 0 Å². The van der Waals surface area contributed by atoms with Crippen molar-refractivity contribution < 1.29 is 17.9 Å². The van der Waals surface area contributed by atoms with Crippen LogP contribution in [0.3, 0.4) is 0 Å². The third-order valence-corrected chi connectivity index (χ3v) is 1.89. The molecule has 0 aliphatic rings. The van der Waals surface area contributed by atoms with E-state index in [4.69, 9.17) is 4.74 Å². The molecule has 2 rings (SSSR count). The van der Waals surface area contributed by atoms with Crippen LogP contribution < -0.4 is 4.74 Å². The van der Waals surface area contributed by atoms with E-state index >= 15 is 0 Å². The van der Waals surface area contributed by atoms with Crippen LogP contribution in [-0.2, 0) is 0 Å². The Morgan fingerprint density at radius 2 is 1.44 bits per heavy atom. The summed E-state index contributed by atoms with van der Waals surface area (Å²) < 4.78 is 43.8. The molecule has 0 saturated heterocycles. The third kappa shape index (κ3) is 2.16. The fourth-order valence-corrected chi connectivity index (χ4v) is 1.15. The molecule has 0 amide bonds. The fraction of sp³-hybridized carbons (Fsp3) is 0. The van der Waals surface area contributed by atoms with Crippen LogP contribution in [-0.4, -0.2) is 0 Å². The summed E-state index contributed by atoms with van der Waals surface area (Å²) >= 11 is 0. The van der Waals surface area contributed by atoms with Crippen molar-refractivity contribution in [3.8, 4) is 11.5 Å². The second-order valence-corrected chi connectivity index (χ2v) is 3.04. The van der Waals surface area contributed by atoms with Gasteiger partial charge in [0, 0.05) is 0 Å². The van der Waals surface area contributed by atoms with Gasteiger partial charge in [0.25, 0.3) is 0 Å². The molecule has 0 bridgehead atoms. The van der Waals surface area contributed by atoms with Crippen molar-refractivity contribution in [1.82, 2.24) is 0 Å². The molecule has 2 aromatic rings. The molecule has 0 saturated carbocycles. The van der Waals surface area contributed by atoms with Crippen LogP contribution in [0.4, 0.5) is 13.2 Å². The van der Waals surface area contributed by atoms with E-state index in [-0.39, 0.29) is 5.75 Å². The smallest absolute Gasteiger partial charge is 0.198 e. The Morgan fingerprint density at radius 3 is 2.00 bits per heavy atom. The van der Waals surface area contributed by atoms with Crippen molar-refractivity contribution in [3.63, 3.8) is 0 Å². The first kappa shape index (κ1) is 10.5. The first-order chi connectivity index (χ1) is 7.66. The van der Waals surface area contributed by atoms with Crippen LogP contribution in [0.1, 0.15) is 0 Å². The second-order valence-electron chi connectivity index (χ2n) is 3.04. The molecule has 0 aromatic heterocycles. The third-order valence-electron chi connectivity index (χ3n) is 1.89. The molecule has 0 aliphatic carbocycles. The summed E-state index contributed by atoms with van der Waals surface area (Å²) in [5, 5.41) is 0. The Morgan fingerprint density at radius 1 is 0.875 bits per heavy atom. The molecular weight excluding hydrogens is 217 g/mol. The highest BCUT2D eigenvalue weighted by molar-refractivity contribution is 5.32. The van der Waals surface area contributed by atoms with Crippen LogP contribution in [0.2, 0.25) is 0 Å². The van der Waals surface area contributed by atoms with Crippen LogP contribution in [0.5, 0.6) is 11.5 Å². The topological polar surface area (TPSA) is 9.23 Å². The van der Waals surface area contributed by atoms with Gasteiger partial charge in [-0.1, -0.05) is 0 Å². The minimum atomic E-state index is -0.857. The molecule has 0 atom stereocenters. The average molecular weight is 223 g/mol. The molecule has 4 heteroatoms. The molecule has 0 N–H and O–H groups in total. The quantitative estimate of drug-likeness (QED) is 0.754. The zero-order chi connectivity index (χ0) is 11.5. The van der Waals surface area contributed by atoms with Gasteiger partial charge in [-0.2, -0.15) is 0 Å². The lowest BCUT2D eigenvalue weighted by Gasteiger charge is -2.06. The molecule has 0 fully saturated rings. The number of hydrogen-bond donors (Lipinski definition) is 0. The summed E-state index contributed by atoms with van der Waals surface area (Å²) in [6.45, 7) is 0. The molecule has 81 valence electrons. The summed E-state index contributed by atoms with van der Waals surface area (Å²) in [7, 11) is 0. The zero-order valence-corrected chi connectivity index (χ0v) is 8.01. The van der Waals surface area contributed by atoms with Gasteiger partial charge in [0.05, 0.1) is 0 Å². The van der Waals surface area contributed by atoms with Crippen molar-refractivity contribution in [2.24, 2.45) is 0 Å². The van der Waals surface area contributed by atoms with E-state index < -0.39 is 23.2 Å². The number of benzene rings is 2. The number of rotatable bonds is 2. The van der Waals surface area contributed by atoms with E-state index in [9.17, 15) is 13.2 Å². The van der Waals surface area contributed by atoms with E-state index in [1.54, 1.807) is 0 Å². The molecule has 0 spiro atoms. The van der Waals surface area contributed by atoms with Gasteiger partial charge in [-0.25, -0.2) is 13.2 Å². The maximum Gasteiger partial charge on any atom is 0.198 e. The summed E-state index contributed by atoms with van der Waals surface area (Å²) in [6.07, 6.45) is 0. The van der Waals surface area contributed by atoms with Crippen LogP contribution in [0.25, 0.3) is 0 Å². The van der Waals surface area contributed by atoms with Crippen LogP contribution in [0.15, 0.2) is 36.4 Å². The first-order valence-electron chi connectivity index (χ1n) is 4.45. The molecule has 16 heavy (non-hydrogen) atoms. The van der Waals surface area contributed by atoms with Crippen molar-refractivity contribution in [3.05, 3.63) is 59.9 Å². The van der Waals surface area contributed by atoms with Gasteiger partial charge >= 0.3 is 0 Å². The minimum absolute atomic E-state index is 0.158. The zero-order valence-electron chi connectivity index (χ0n) is 8.01. The molecule has 1 radical (unpaired) electrons. The number of ether oxygens (including phenoxy) is 1. The fourth-order valence-electron chi connectivity index (χ4n) is 1.15. The van der Waals surface area contributed by atoms with Gasteiger partial charge in [0.1, 0.15) is 11.6 Å². The van der Waals surface area contributed by atoms with E-state index in [2.05, 4.69) is 6.07 Å². The largest absolute Gasteiger partial charge is 0.451 e. The molecular formula is C12H6F3O. The van der Waals surface area contributed by atoms with Gasteiger partial charge in [0.2, 0.25) is 0 Å². The number of hydrogen-bond acceptors (Lipinski definition) is 1. The predicted molar refractivity (Wildman–Crippen MR) is 51.7 cm³/mol. The lowest BCUT2D eigenvalue weighted by Crippen LogP contribution is -1.92. The summed E-state index contributed by atoms with van der Waals surface area (Å²) in [5.74, 6) is -2.53. The van der Waals surface area contributed by atoms with Crippen molar-refractivity contribution in [2.45, 2.75) is 0 Å². The Kier molecular flexibility index (Phi) is 2.81. The van der Waals surface area contributed by atoms with Crippen molar-refractivity contribution in [1.29, 1.82) is 0 Å². The van der Waals surface area contributed by atoms with Crippen molar-refractivity contribution >= 4 is 0 Å². The Hall–Kier alpha value is -1.97. The molecule has 1 nitrogen and oxygen atoms in total. The Balaban J connectivity index is 2.30. The monoisotopic (exact) mass is 223 g/mol. The van der Waals surface area contributed by atoms with Gasteiger partial charge in [-0.05, 0) is 42.5 Å². The molecule has 0 aliphatic heterocycles. The van der Waals surface area contributed by atoms with E-state index in [0.29, 0.717) is 0 Å². The maximum absolute atomic E-state index is 13.1. The molecule has 0 unspecified atom stereocenters. The second kappa shape index (κ2) is 4.26. The van der Waals surface area contributed by atoms with Gasteiger partial charge < -0.3 is 4.74 Å². The Bertz CT molecular complexity index is 474. The van der Waals surface area contributed by atoms with E-state index in [0.717, 1.165) is 24.3 Å². The number of halogens is 3. The molecule has 0 heterocycles. The highest BCUT2D eigenvalue weighted by atomic mass is 19.1. The molecule has 2 aromatic carbocycles. The van der Waals surface area contributed by atoms with E-state index in [1.807, 2.05) is 0 Å². The van der Waals surface area contributed by atoms with Gasteiger partial charge in [-0.15, -0.1) is 0 Å². The highest BCUT2D eigenvalue weighted by Gasteiger charge is 2.10. The minimum Gasteiger partial charge on any atom is -0.451 e. The summed E-state index contributed by atoms with van der Waals surface area (Å²) in [4.78, 5) is 0. The first-order valence-corrected chi connectivity index (χ1v) is 4.45. The van der Waals surface area contributed by atoms with E-state index in [1.165, 1.54) is 12.1 Å². The standard InChI is InChI=1S/C12H6F3O/c13-8-4-6-9(7-5-8)16-12-10(14)2-1-3-11(12)15/h2-7H. The van der Waals surface area contributed by atoms with Gasteiger partial charge in [-0.3, -0.25) is 0 Å². The SMILES string of the molecule is Fc1ccc(Oc2c(F)c[c]cc2F)cc1. The van der Waals surface area contributed by atoms with Crippen LogP contribution in [0, 0.1) is 23.5 Å². The average Bonchev–Trinajstić information content (AvgIpc) is 2.26.